The second-order valence-electron chi connectivity index (χ2n) is 5.63. The summed E-state index contributed by atoms with van der Waals surface area (Å²) in [7, 11) is 0. The monoisotopic (exact) mass is 314 g/mol. The van der Waals surface area contributed by atoms with E-state index < -0.39 is 0 Å². The van der Waals surface area contributed by atoms with E-state index in [1.807, 2.05) is 60.7 Å². The molecular formula is C19H14N4O. The molecule has 3 aromatic rings. The molecule has 0 saturated heterocycles. The van der Waals surface area contributed by atoms with Crippen LogP contribution >= 0.6 is 0 Å². The molecule has 0 radical (unpaired) electrons. The number of rotatable bonds is 3. The van der Waals surface area contributed by atoms with Crippen LogP contribution in [0.2, 0.25) is 0 Å². The fraction of sp³-hybridized carbons (Fsp3) is 0.105. The Morgan fingerprint density at radius 1 is 1.08 bits per heavy atom. The average molecular weight is 314 g/mol. The number of fused-ring (bicyclic) bond motifs is 1. The fourth-order valence-corrected chi connectivity index (χ4v) is 3.23. The number of H-pyrrole nitrogens is 1. The second kappa shape index (κ2) is 5.67. The third-order valence-electron chi connectivity index (χ3n) is 4.27. The van der Waals surface area contributed by atoms with E-state index in [1.165, 1.54) is 0 Å². The van der Waals surface area contributed by atoms with Crippen molar-refractivity contribution in [2.75, 3.05) is 6.54 Å². The Labute approximate surface area is 139 Å². The number of nitriles is 1. The normalized spacial score (nSPS) is 16.0. The van der Waals surface area contributed by atoms with E-state index in [9.17, 15) is 4.79 Å². The predicted molar refractivity (Wildman–Crippen MR) is 89.0 cm³/mol. The molecule has 116 valence electrons. The molecule has 1 unspecified atom stereocenters. The van der Waals surface area contributed by atoms with Gasteiger partial charge in [0.25, 0.3) is 5.91 Å². The maximum absolute atomic E-state index is 12.7. The molecule has 0 bridgehead atoms. The number of carbonyl (C=O) groups is 1. The highest BCUT2D eigenvalue weighted by Crippen LogP contribution is 2.42. The molecule has 1 N–H and O–H groups in total. The van der Waals surface area contributed by atoms with Crippen LogP contribution < -0.4 is 0 Å². The van der Waals surface area contributed by atoms with Gasteiger partial charge >= 0.3 is 0 Å². The van der Waals surface area contributed by atoms with Gasteiger partial charge in [-0.05, 0) is 5.56 Å². The molecule has 1 aliphatic heterocycles. The quantitative estimate of drug-likeness (QED) is 0.755. The van der Waals surface area contributed by atoms with Gasteiger partial charge in [-0.2, -0.15) is 10.4 Å². The fourth-order valence-electron chi connectivity index (χ4n) is 3.23. The maximum atomic E-state index is 12.7. The first-order valence-electron chi connectivity index (χ1n) is 7.68. The molecule has 24 heavy (non-hydrogen) atoms. The molecule has 1 amide bonds. The van der Waals surface area contributed by atoms with Crippen LogP contribution in [-0.4, -0.2) is 27.5 Å². The maximum Gasteiger partial charge on any atom is 0.273 e. The summed E-state index contributed by atoms with van der Waals surface area (Å²) in [5.74, 6) is -0.185. The van der Waals surface area contributed by atoms with Crippen molar-refractivity contribution in [2.24, 2.45) is 0 Å². The Hall–Kier alpha value is -3.39. The van der Waals surface area contributed by atoms with Crippen LogP contribution in [0.15, 0.2) is 60.7 Å². The van der Waals surface area contributed by atoms with E-state index in [1.54, 1.807) is 4.90 Å². The average Bonchev–Trinajstić information content (AvgIpc) is 3.17. The van der Waals surface area contributed by atoms with Crippen LogP contribution in [0, 0.1) is 11.3 Å². The molecule has 0 saturated carbocycles. The van der Waals surface area contributed by atoms with Gasteiger partial charge in [0.05, 0.1) is 17.8 Å². The number of aromatic nitrogens is 2. The molecule has 2 aromatic carbocycles. The molecular weight excluding hydrogens is 300 g/mol. The Kier molecular flexibility index (Phi) is 3.36. The molecule has 0 fully saturated rings. The molecule has 5 nitrogen and oxygen atoms in total. The molecule has 1 aromatic heterocycles. The van der Waals surface area contributed by atoms with Crippen molar-refractivity contribution in [1.82, 2.24) is 15.1 Å². The van der Waals surface area contributed by atoms with Gasteiger partial charge < -0.3 is 4.90 Å². The topological polar surface area (TPSA) is 72.8 Å². The highest BCUT2D eigenvalue weighted by molar-refractivity contribution is 6.00. The van der Waals surface area contributed by atoms with Gasteiger partial charge in [-0.1, -0.05) is 60.7 Å². The van der Waals surface area contributed by atoms with Crippen LogP contribution in [0.25, 0.3) is 11.3 Å². The second-order valence-corrected chi connectivity index (χ2v) is 5.63. The lowest BCUT2D eigenvalue weighted by atomic mass is 9.96. The lowest BCUT2D eigenvalue weighted by Crippen LogP contribution is -2.29. The number of carbonyl (C=O) groups excluding carboxylic acids is 1. The summed E-state index contributed by atoms with van der Waals surface area (Å²) < 4.78 is 0. The molecule has 4 rings (SSSR count). The zero-order chi connectivity index (χ0) is 16.5. The minimum atomic E-state index is -0.303. The van der Waals surface area contributed by atoms with Gasteiger partial charge in [0, 0.05) is 11.1 Å². The largest absolute Gasteiger partial charge is 0.313 e. The summed E-state index contributed by atoms with van der Waals surface area (Å²) in [6.45, 7) is 0.0368. The van der Waals surface area contributed by atoms with Gasteiger partial charge in [-0.25, -0.2) is 0 Å². The highest BCUT2D eigenvalue weighted by atomic mass is 16.2. The Bertz CT molecular complexity index is 925. The van der Waals surface area contributed by atoms with Gasteiger partial charge in [-0.15, -0.1) is 0 Å². The Balaban J connectivity index is 1.92. The van der Waals surface area contributed by atoms with Crippen molar-refractivity contribution in [2.45, 2.75) is 6.04 Å². The van der Waals surface area contributed by atoms with Crippen molar-refractivity contribution in [3.63, 3.8) is 0 Å². The lowest BCUT2D eigenvalue weighted by molar-refractivity contribution is 0.0767. The Morgan fingerprint density at radius 2 is 1.75 bits per heavy atom. The van der Waals surface area contributed by atoms with Gasteiger partial charge in [-0.3, -0.25) is 9.89 Å². The SMILES string of the molecule is N#CCN1C(=O)c2[nH]nc(-c3ccccc3)c2C1c1ccccc1. The number of benzene rings is 2. The van der Waals surface area contributed by atoms with Crippen LogP contribution in [-0.2, 0) is 0 Å². The number of nitrogens with one attached hydrogen (secondary N) is 1. The summed E-state index contributed by atoms with van der Waals surface area (Å²) >= 11 is 0. The Morgan fingerprint density at radius 3 is 2.42 bits per heavy atom. The van der Waals surface area contributed by atoms with Crippen molar-refractivity contribution in [3.8, 4) is 17.3 Å². The van der Waals surface area contributed by atoms with E-state index in [-0.39, 0.29) is 18.5 Å². The van der Waals surface area contributed by atoms with Gasteiger partial charge in [0.2, 0.25) is 0 Å². The zero-order valence-corrected chi connectivity index (χ0v) is 12.8. The first-order valence-corrected chi connectivity index (χ1v) is 7.68. The summed E-state index contributed by atoms with van der Waals surface area (Å²) in [5, 5.41) is 16.4. The van der Waals surface area contributed by atoms with Gasteiger partial charge in [0.1, 0.15) is 12.2 Å². The van der Waals surface area contributed by atoms with E-state index in [0.29, 0.717) is 5.69 Å². The van der Waals surface area contributed by atoms with Crippen molar-refractivity contribution in [3.05, 3.63) is 77.5 Å². The van der Waals surface area contributed by atoms with Crippen LogP contribution in [0.5, 0.6) is 0 Å². The van der Waals surface area contributed by atoms with Crippen molar-refractivity contribution >= 4 is 5.91 Å². The minimum Gasteiger partial charge on any atom is -0.313 e. The number of hydrogen-bond acceptors (Lipinski definition) is 3. The third-order valence-corrected chi connectivity index (χ3v) is 4.27. The predicted octanol–water partition coefficient (Wildman–Crippen LogP) is 3.15. The molecule has 2 heterocycles. The molecule has 1 atom stereocenters. The zero-order valence-electron chi connectivity index (χ0n) is 12.8. The third kappa shape index (κ3) is 2.09. The van der Waals surface area contributed by atoms with E-state index >= 15 is 0 Å². The van der Waals surface area contributed by atoms with Crippen LogP contribution in [0.4, 0.5) is 0 Å². The van der Waals surface area contributed by atoms with E-state index in [2.05, 4.69) is 16.3 Å². The van der Waals surface area contributed by atoms with E-state index in [4.69, 9.17) is 5.26 Å². The molecule has 0 aliphatic carbocycles. The minimum absolute atomic E-state index is 0.0368. The lowest BCUT2D eigenvalue weighted by Gasteiger charge is -2.23. The number of hydrogen-bond donors (Lipinski definition) is 1. The highest BCUT2D eigenvalue weighted by Gasteiger charge is 2.41. The van der Waals surface area contributed by atoms with Crippen molar-refractivity contribution < 1.29 is 4.79 Å². The van der Waals surface area contributed by atoms with Crippen LogP contribution in [0.1, 0.15) is 27.7 Å². The number of nitrogens with zero attached hydrogens (tertiary/aromatic N) is 3. The first kappa shape index (κ1) is 14.2. The molecule has 5 heteroatoms. The van der Waals surface area contributed by atoms with E-state index in [0.717, 1.165) is 22.4 Å². The standard InChI is InChI=1S/C19H14N4O/c20-11-12-23-18(14-9-5-2-6-10-14)15-16(13-7-3-1-4-8-13)21-22-17(15)19(23)24/h1-10,18H,12H2,(H,21,22). The summed E-state index contributed by atoms with van der Waals surface area (Å²) in [5.41, 5.74) is 3.99. The van der Waals surface area contributed by atoms with Crippen molar-refractivity contribution in [1.29, 1.82) is 5.26 Å². The summed E-state index contributed by atoms with van der Waals surface area (Å²) in [4.78, 5) is 14.3. The number of aromatic amines is 1. The smallest absolute Gasteiger partial charge is 0.273 e. The number of amides is 1. The molecule has 1 aliphatic rings. The van der Waals surface area contributed by atoms with Gasteiger partial charge in [0.15, 0.2) is 0 Å². The summed E-state index contributed by atoms with van der Waals surface area (Å²) in [6, 6.07) is 21.3. The summed E-state index contributed by atoms with van der Waals surface area (Å²) in [6.07, 6.45) is 0. The first-order chi connectivity index (χ1) is 11.8. The van der Waals surface area contributed by atoms with Crippen LogP contribution in [0.3, 0.4) is 0 Å². The molecule has 0 spiro atoms.